The number of alkyl halides is 3. The topological polar surface area (TPSA) is 68.0 Å². The number of carbonyl (C=O) groups is 1. The Labute approximate surface area is 167 Å². The smallest absolute Gasteiger partial charge is 0.366 e. The van der Waals surface area contributed by atoms with Gasteiger partial charge < -0.3 is 11.1 Å². The van der Waals surface area contributed by atoms with Crippen molar-refractivity contribution in [2.75, 3.05) is 5.32 Å². The van der Waals surface area contributed by atoms with Crippen molar-refractivity contribution in [2.24, 2.45) is 5.73 Å². The van der Waals surface area contributed by atoms with Gasteiger partial charge in [-0.25, -0.2) is 4.98 Å². The number of hydrogen-bond donors (Lipinski definition) is 2. The van der Waals surface area contributed by atoms with Crippen molar-refractivity contribution in [3.8, 4) is 11.1 Å². The van der Waals surface area contributed by atoms with Gasteiger partial charge in [0.15, 0.2) is 0 Å². The first-order valence-corrected chi connectivity index (χ1v) is 9.00. The fourth-order valence-corrected chi connectivity index (χ4v) is 3.21. The second kappa shape index (κ2) is 8.02. The van der Waals surface area contributed by atoms with Crippen LogP contribution in [0, 0.1) is 0 Å². The number of nitrogens with zero attached hydrogens (tertiary/aromatic N) is 1. The van der Waals surface area contributed by atoms with Gasteiger partial charge in [0.1, 0.15) is 5.82 Å². The van der Waals surface area contributed by atoms with Gasteiger partial charge in [-0.3, -0.25) is 4.79 Å². The molecule has 3 aromatic rings. The second-order valence-electron chi connectivity index (χ2n) is 6.01. The molecule has 3 N–H and O–H groups in total. The molecule has 0 saturated heterocycles. The number of amides is 1. The molecule has 4 nitrogen and oxygen atoms in total. The van der Waals surface area contributed by atoms with E-state index in [1.165, 1.54) is 18.3 Å². The number of hydrogen-bond acceptors (Lipinski definition) is 3. The van der Waals surface area contributed by atoms with Crippen molar-refractivity contribution in [1.82, 2.24) is 4.98 Å². The Hall–Kier alpha value is -2.87. The summed E-state index contributed by atoms with van der Waals surface area (Å²) >= 11 is 3.38. The fourth-order valence-electron chi connectivity index (χ4n) is 2.76. The van der Waals surface area contributed by atoms with E-state index in [0.717, 1.165) is 16.1 Å². The fraction of sp³-hybridized carbons (Fsp3) is 0.100. The molecule has 0 spiro atoms. The van der Waals surface area contributed by atoms with Crippen molar-refractivity contribution < 1.29 is 18.0 Å². The predicted molar refractivity (Wildman–Crippen MR) is 105 cm³/mol. The summed E-state index contributed by atoms with van der Waals surface area (Å²) in [6.07, 6.45) is -3.16. The number of benzene rings is 2. The molecule has 0 saturated carbocycles. The number of anilines is 1. The number of nitrogens with one attached hydrogen (secondary N) is 1. The zero-order valence-electron chi connectivity index (χ0n) is 14.4. The maximum Gasteiger partial charge on any atom is 0.417 e. The van der Waals surface area contributed by atoms with Crippen LogP contribution in [-0.4, -0.2) is 10.9 Å². The Morgan fingerprint density at radius 3 is 2.54 bits per heavy atom. The van der Waals surface area contributed by atoms with Crippen LogP contribution in [0.1, 0.15) is 21.5 Å². The maximum absolute atomic E-state index is 13.6. The van der Waals surface area contributed by atoms with Crippen molar-refractivity contribution in [3.05, 3.63) is 82.0 Å². The highest BCUT2D eigenvalue weighted by atomic mass is 79.9. The molecule has 8 heteroatoms. The summed E-state index contributed by atoms with van der Waals surface area (Å²) in [6.45, 7) is 0.379. The van der Waals surface area contributed by atoms with Crippen molar-refractivity contribution >= 4 is 27.7 Å². The van der Waals surface area contributed by atoms with Crippen LogP contribution in [-0.2, 0) is 12.7 Å². The molecule has 3 rings (SSSR count). The minimum Gasteiger partial charge on any atom is -0.366 e. The minimum atomic E-state index is -4.65. The molecule has 1 aromatic heterocycles. The average molecular weight is 450 g/mol. The van der Waals surface area contributed by atoms with Crippen LogP contribution in [0.15, 0.2) is 65.3 Å². The standard InChI is InChI=1S/C20H15BrF3N3O/c21-14-4-1-3-12(9-14)11-27-19-16(5-2-8-26-19)15-7-6-13(18(25)28)10-17(15)20(22,23)24/h1-10H,11H2,(H2,25,28)(H,26,27). The van der Waals surface area contributed by atoms with Crippen LogP contribution >= 0.6 is 15.9 Å². The Balaban J connectivity index is 2.01. The van der Waals surface area contributed by atoms with E-state index >= 15 is 0 Å². The maximum atomic E-state index is 13.6. The molecule has 2 aromatic carbocycles. The van der Waals surface area contributed by atoms with Crippen molar-refractivity contribution in [1.29, 1.82) is 0 Å². The first-order valence-electron chi connectivity index (χ1n) is 8.20. The Morgan fingerprint density at radius 2 is 1.86 bits per heavy atom. The Morgan fingerprint density at radius 1 is 1.07 bits per heavy atom. The van der Waals surface area contributed by atoms with E-state index in [-0.39, 0.29) is 16.7 Å². The van der Waals surface area contributed by atoms with Crippen molar-refractivity contribution in [3.63, 3.8) is 0 Å². The molecule has 0 atom stereocenters. The summed E-state index contributed by atoms with van der Waals surface area (Å²) < 4.78 is 41.7. The highest BCUT2D eigenvalue weighted by Gasteiger charge is 2.35. The van der Waals surface area contributed by atoms with E-state index in [4.69, 9.17) is 5.73 Å². The number of pyridine rings is 1. The molecule has 0 bridgehead atoms. The summed E-state index contributed by atoms with van der Waals surface area (Å²) in [4.78, 5) is 15.5. The van der Waals surface area contributed by atoms with E-state index in [1.807, 2.05) is 24.3 Å². The number of aromatic nitrogens is 1. The van der Waals surface area contributed by atoms with Gasteiger partial charge in [0, 0.05) is 28.3 Å². The molecule has 0 aliphatic heterocycles. The van der Waals surface area contributed by atoms with E-state index in [1.54, 1.807) is 12.1 Å². The summed E-state index contributed by atoms with van der Waals surface area (Å²) in [5.74, 6) is -0.615. The first-order chi connectivity index (χ1) is 13.3. The zero-order chi connectivity index (χ0) is 20.3. The van der Waals surface area contributed by atoms with E-state index < -0.39 is 17.6 Å². The number of nitrogens with two attached hydrogens (primary N) is 1. The monoisotopic (exact) mass is 449 g/mol. The van der Waals surface area contributed by atoms with Crippen LogP contribution in [0.4, 0.5) is 19.0 Å². The van der Waals surface area contributed by atoms with Gasteiger partial charge in [0.2, 0.25) is 5.91 Å². The van der Waals surface area contributed by atoms with Crippen molar-refractivity contribution in [2.45, 2.75) is 12.7 Å². The molecule has 0 aliphatic carbocycles. The Kier molecular flexibility index (Phi) is 5.69. The van der Waals surface area contributed by atoms with Gasteiger partial charge in [-0.15, -0.1) is 0 Å². The number of primary amides is 1. The van der Waals surface area contributed by atoms with Crippen LogP contribution in [0.25, 0.3) is 11.1 Å². The first kappa shape index (κ1) is 19.9. The molecule has 0 unspecified atom stereocenters. The van der Waals surface area contributed by atoms with Gasteiger partial charge in [0.25, 0.3) is 0 Å². The van der Waals surface area contributed by atoms with Gasteiger partial charge in [-0.2, -0.15) is 13.2 Å². The average Bonchev–Trinajstić information content (AvgIpc) is 2.65. The van der Waals surface area contributed by atoms with E-state index in [0.29, 0.717) is 12.4 Å². The minimum absolute atomic E-state index is 0.0812. The highest BCUT2D eigenvalue weighted by Crippen LogP contribution is 2.39. The largest absolute Gasteiger partial charge is 0.417 e. The summed E-state index contributed by atoms with van der Waals surface area (Å²) in [6, 6.07) is 13.9. The zero-order valence-corrected chi connectivity index (χ0v) is 16.0. The third-order valence-electron chi connectivity index (χ3n) is 4.06. The third kappa shape index (κ3) is 4.51. The molecule has 1 amide bonds. The van der Waals surface area contributed by atoms with Gasteiger partial charge in [-0.05, 0) is 47.5 Å². The second-order valence-corrected chi connectivity index (χ2v) is 6.92. The molecule has 0 aliphatic rings. The van der Waals surface area contributed by atoms with E-state index in [9.17, 15) is 18.0 Å². The molecule has 0 fully saturated rings. The molecular weight excluding hydrogens is 435 g/mol. The molecule has 1 heterocycles. The normalized spacial score (nSPS) is 11.3. The summed E-state index contributed by atoms with van der Waals surface area (Å²) in [7, 11) is 0. The SMILES string of the molecule is NC(=O)c1ccc(-c2cccnc2NCc2cccc(Br)c2)c(C(F)(F)F)c1. The lowest BCUT2D eigenvalue weighted by Gasteiger charge is -2.17. The van der Waals surface area contributed by atoms with Crippen LogP contribution in [0.2, 0.25) is 0 Å². The van der Waals surface area contributed by atoms with Crippen LogP contribution in [0.5, 0.6) is 0 Å². The number of carbonyl (C=O) groups excluding carboxylic acids is 1. The summed E-state index contributed by atoms with van der Waals surface area (Å²) in [5.41, 5.74) is 5.12. The molecular formula is C20H15BrF3N3O. The number of halogens is 4. The molecule has 28 heavy (non-hydrogen) atoms. The Bertz CT molecular complexity index is 1020. The van der Waals surface area contributed by atoms with E-state index in [2.05, 4.69) is 26.2 Å². The van der Waals surface area contributed by atoms with Gasteiger partial charge in [0.05, 0.1) is 5.56 Å². The molecule has 144 valence electrons. The van der Waals surface area contributed by atoms with Crippen LogP contribution < -0.4 is 11.1 Å². The van der Waals surface area contributed by atoms with Gasteiger partial charge in [-0.1, -0.05) is 34.1 Å². The number of rotatable bonds is 5. The third-order valence-corrected chi connectivity index (χ3v) is 4.55. The predicted octanol–water partition coefficient (Wildman–Crippen LogP) is 5.24. The summed E-state index contributed by atoms with van der Waals surface area (Å²) in [5, 5.41) is 3.08. The lowest BCUT2D eigenvalue weighted by Crippen LogP contribution is -2.15. The lowest BCUT2D eigenvalue weighted by atomic mass is 9.97. The molecule has 0 radical (unpaired) electrons. The lowest BCUT2D eigenvalue weighted by molar-refractivity contribution is -0.137. The quantitative estimate of drug-likeness (QED) is 0.559. The van der Waals surface area contributed by atoms with Crippen LogP contribution in [0.3, 0.4) is 0 Å². The van der Waals surface area contributed by atoms with Gasteiger partial charge >= 0.3 is 6.18 Å². The highest BCUT2D eigenvalue weighted by molar-refractivity contribution is 9.10.